The van der Waals surface area contributed by atoms with Gasteiger partial charge >= 0.3 is 0 Å². The topological polar surface area (TPSA) is 0 Å². The third-order valence-corrected chi connectivity index (χ3v) is 2.33. The monoisotopic (exact) mass is 222 g/mol. The largest absolute Gasteiger partial charge is 0.117 e. The molecule has 1 aliphatic rings. The molecule has 0 atom stereocenters. The fourth-order valence-corrected chi connectivity index (χ4v) is 1.20. The van der Waals surface area contributed by atoms with Crippen LogP contribution in [-0.2, 0) is 0 Å². The molecule has 0 bridgehead atoms. The van der Waals surface area contributed by atoms with Gasteiger partial charge in [0.25, 0.3) is 0 Å². The number of hydrogen-bond acceptors (Lipinski definition) is 0. The summed E-state index contributed by atoms with van der Waals surface area (Å²) in [5.74, 6) is 0. The zero-order chi connectivity index (χ0) is 11.8. The number of hydrogen-bond donors (Lipinski definition) is 0. The Bertz CT molecular complexity index is 348. The maximum absolute atomic E-state index is 5.80. The van der Waals surface area contributed by atoms with Gasteiger partial charge in [0.2, 0.25) is 0 Å². The molecule has 82 valence electrons. The van der Waals surface area contributed by atoms with E-state index in [1.54, 1.807) is 0 Å². The standard InChI is InChI=1S/C12H13Cl.C2H6/c1-9-5-4-6-12(11(3)13)8-7-10(9)2;1-2/h5-6,8H,3-4H2,1-2H3;1-2H3/b9-5?,12-6+;. The molecule has 0 radical (unpaired) electrons. The fourth-order valence-electron chi connectivity index (χ4n) is 1.06. The summed E-state index contributed by atoms with van der Waals surface area (Å²) in [6.45, 7) is 11.8. The van der Waals surface area contributed by atoms with E-state index < -0.39 is 0 Å². The quantitative estimate of drug-likeness (QED) is 0.539. The first-order valence-corrected chi connectivity index (χ1v) is 5.64. The first-order chi connectivity index (χ1) is 7.11. The lowest BCUT2D eigenvalue weighted by Gasteiger charge is -2.02. The Balaban J connectivity index is 0.000000921. The Morgan fingerprint density at radius 1 is 1.33 bits per heavy atom. The second-order valence-corrected chi connectivity index (χ2v) is 3.56. The van der Waals surface area contributed by atoms with Crippen molar-refractivity contribution < 1.29 is 0 Å². The maximum Gasteiger partial charge on any atom is 0.0409 e. The molecule has 1 rings (SSSR count). The van der Waals surface area contributed by atoms with E-state index in [2.05, 4.69) is 31.4 Å². The van der Waals surface area contributed by atoms with Crippen LogP contribution in [0.3, 0.4) is 0 Å². The van der Waals surface area contributed by atoms with E-state index in [0.717, 1.165) is 17.6 Å². The van der Waals surface area contributed by atoms with Crippen LogP contribution in [0.4, 0.5) is 0 Å². The van der Waals surface area contributed by atoms with Crippen molar-refractivity contribution in [1.82, 2.24) is 0 Å². The molecule has 0 saturated carbocycles. The van der Waals surface area contributed by atoms with Gasteiger partial charge in [-0.1, -0.05) is 44.2 Å². The second kappa shape index (κ2) is 7.34. The Morgan fingerprint density at radius 2 is 1.93 bits per heavy atom. The minimum Gasteiger partial charge on any atom is -0.117 e. The molecular formula is C14H19Cl. The summed E-state index contributed by atoms with van der Waals surface area (Å²) in [6.07, 6.45) is 7.01. The minimum absolute atomic E-state index is 0.577. The number of halogens is 1. The van der Waals surface area contributed by atoms with Crippen LogP contribution in [0.15, 0.2) is 52.3 Å². The average Bonchev–Trinajstić information content (AvgIpc) is 2.22. The molecule has 0 heterocycles. The fraction of sp³-hybridized carbons (Fsp3) is 0.357. The molecule has 1 aliphatic carbocycles. The summed E-state index contributed by atoms with van der Waals surface area (Å²) in [4.78, 5) is 0. The molecule has 0 unspecified atom stereocenters. The lowest BCUT2D eigenvalue weighted by atomic mass is 10.1. The van der Waals surface area contributed by atoms with Crippen LogP contribution in [-0.4, -0.2) is 0 Å². The van der Waals surface area contributed by atoms with Crippen molar-refractivity contribution in [2.24, 2.45) is 0 Å². The average molecular weight is 223 g/mol. The van der Waals surface area contributed by atoms with Crippen LogP contribution < -0.4 is 0 Å². The molecule has 0 nitrogen and oxygen atoms in total. The zero-order valence-electron chi connectivity index (χ0n) is 10.0. The van der Waals surface area contributed by atoms with Crippen LogP contribution >= 0.6 is 11.6 Å². The van der Waals surface area contributed by atoms with Gasteiger partial charge in [-0.15, -0.1) is 5.73 Å². The second-order valence-electron chi connectivity index (χ2n) is 3.10. The molecule has 0 fully saturated rings. The first-order valence-electron chi connectivity index (χ1n) is 5.26. The van der Waals surface area contributed by atoms with Gasteiger partial charge in [0, 0.05) is 5.03 Å². The highest BCUT2D eigenvalue weighted by Gasteiger charge is 1.98. The summed E-state index contributed by atoms with van der Waals surface area (Å²) in [5.41, 5.74) is 6.56. The van der Waals surface area contributed by atoms with E-state index >= 15 is 0 Å². The molecule has 15 heavy (non-hydrogen) atoms. The molecule has 0 amide bonds. The van der Waals surface area contributed by atoms with Gasteiger partial charge in [0.15, 0.2) is 0 Å². The molecule has 0 aromatic rings. The van der Waals surface area contributed by atoms with Gasteiger partial charge in [-0.3, -0.25) is 0 Å². The van der Waals surface area contributed by atoms with E-state index in [1.165, 1.54) is 5.57 Å². The normalized spacial score (nSPS) is 18.3. The predicted molar refractivity (Wildman–Crippen MR) is 70.1 cm³/mol. The van der Waals surface area contributed by atoms with Crippen LogP contribution in [0.2, 0.25) is 0 Å². The van der Waals surface area contributed by atoms with Gasteiger partial charge in [0.1, 0.15) is 0 Å². The van der Waals surface area contributed by atoms with Gasteiger partial charge in [-0.25, -0.2) is 0 Å². The summed E-state index contributed by atoms with van der Waals surface area (Å²) in [7, 11) is 0. The first kappa shape index (κ1) is 14.0. The smallest absolute Gasteiger partial charge is 0.0409 e. The number of allylic oxidation sites excluding steroid dienone is 6. The third-order valence-electron chi connectivity index (χ3n) is 2.11. The van der Waals surface area contributed by atoms with Crippen molar-refractivity contribution in [3.63, 3.8) is 0 Å². The van der Waals surface area contributed by atoms with Crippen molar-refractivity contribution in [3.05, 3.63) is 52.3 Å². The van der Waals surface area contributed by atoms with E-state index in [4.69, 9.17) is 11.6 Å². The zero-order valence-corrected chi connectivity index (χ0v) is 10.8. The van der Waals surface area contributed by atoms with E-state index in [9.17, 15) is 0 Å². The Hall–Kier alpha value is -0.970. The third kappa shape index (κ3) is 4.88. The predicted octanol–water partition coefficient (Wildman–Crippen LogP) is 5.14. The summed E-state index contributed by atoms with van der Waals surface area (Å²) in [6, 6.07) is 0. The van der Waals surface area contributed by atoms with Gasteiger partial charge in [-0.05, 0) is 43.1 Å². The van der Waals surface area contributed by atoms with Crippen molar-refractivity contribution in [2.45, 2.75) is 34.1 Å². The highest BCUT2D eigenvalue weighted by Crippen LogP contribution is 2.18. The lowest BCUT2D eigenvalue weighted by Crippen LogP contribution is -1.83. The molecule has 0 aliphatic heterocycles. The van der Waals surface area contributed by atoms with Crippen molar-refractivity contribution in [2.75, 3.05) is 0 Å². The van der Waals surface area contributed by atoms with Crippen LogP contribution in [0.1, 0.15) is 34.1 Å². The van der Waals surface area contributed by atoms with Crippen molar-refractivity contribution >= 4 is 11.6 Å². The summed E-state index contributed by atoms with van der Waals surface area (Å²) < 4.78 is 0. The van der Waals surface area contributed by atoms with E-state index in [0.29, 0.717) is 5.03 Å². The molecular weight excluding hydrogens is 204 g/mol. The molecule has 0 N–H and O–H groups in total. The summed E-state index contributed by atoms with van der Waals surface area (Å²) >= 11 is 5.80. The molecule has 0 spiro atoms. The highest BCUT2D eigenvalue weighted by molar-refractivity contribution is 6.31. The Kier molecular flexibility index (Phi) is 6.86. The van der Waals surface area contributed by atoms with E-state index in [1.807, 2.05) is 26.8 Å². The summed E-state index contributed by atoms with van der Waals surface area (Å²) in [5, 5.41) is 0.577. The Labute approximate surface area is 98.3 Å². The van der Waals surface area contributed by atoms with Gasteiger partial charge < -0.3 is 0 Å². The van der Waals surface area contributed by atoms with Crippen LogP contribution in [0.25, 0.3) is 0 Å². The number of rotatable bonds is 1. The molecule has 0 aromatic heterocycles. The van der Waals surface area contributed by atoms with Crippen LogP contribution in [0, 0.1) is 0 Å². The maximum atomic E-state index is 5.80. The highest BCUT2D eigenvalue weighted by atomic mass is 35.5. The molecule has 0 aromatic carbocycles. The van der Waals surface area contributed by atoms with Crippen LogP contribution in [0.5, 0.6) is 0 Å². The molecule has 0 saturated heterocycles. The SMILES string of the molecule is C=C(Cl)/C1=C/CC=C(C)C(C)=C=C1.CC. The van der Waals surface area contributed by atoms with Crippen molar-refractivity contribution in [1.29, 1.82) is 0 Å². The van der Waals surface area contributed by atoms with Crippen molar-refractivity contribution in [3.8, 4) is 0 Å². The van der Waals surface area contributed by atoms with Gasteiger partial charge in [0.05, 0.1) is 0 Å². The van der Waals surface area contributed by atoms with Gasteiger partial charge in [-0.2, -0.15) is 0 Å². The van der Waals surface area contributed by atoms with E-state index in [-0.39, 0.29) is 0 Å². The lowest BCUT2D eigenvalue weighted by molar-refractivity contribution is 1.25. The molecule has 1 heteroatoms. The minimum atomic E-state index is 0.577. The Morgan fingerprint density at radius 3 is 2.47 bits per heavy atom.